The average Bonchev–Trinajstić information content (AvgIpc) is 3.09. The van der Waals surface area contributed by atoms with Gasteiger partial charge in [-0.3, -0.25) is 14.5 Å². The summed E-state index contributed by atoms with van der Waals surface area (Å²) in [7, 11) is 0. The second-order valence-corrected chi connectivity index (χ2v) is 7.16. The lowest BCUT2D eigenvalue weighted by Gasteiger charge is -2.31. The van der Waals surface area contributed by atoms with Gasteiger partial charge in [0.1, 0.15) is 0 Å². The molecule has 22 heavy (non-hydrogen) atoms. The third-order valence-corrected chi connectivity index (χ3v) is 5.49. The summed E-state index contributed by atoms with van der Waals surface area (Å²) in [6.45, 7) is 2.57. The van der Waals surface area contributed by atoms with Crippen LogP contribution >= 0.6 is 0 Å². The van der Waals surface area contributed by atoms with Crippen LogP contribution in [0.25, 0.3) is 0 Å². The number of likely N-dealkylation sites (tertiary alicyclic amines) is 1. The van der Waals surface area contributed by atoms with Crippen molar-refractivity contribution in [3.8, 4) is 0 Å². The Kier molecular flexibility index (Phi) is 4.81. The van der Waals surface area contributed by atoms with Gasteiger partial charge in [-0.15, -0.1) is 0 Å². The van der Waals surface area contributed by atoms with Crippen LogP contribution in [-0.2, 0) is 9.59 Å². The molecule has 2 amide bonds. The zero-order valence-corrected chi connectivity index (χ0v) is 13.2. The summed E-state index contributed by atoms with van der Waals surface area (Å²) in [5, 5.41) is 3.11. The van der Waals surface area contributed by atoms with E-state index in [0.717, 1.165) is 50.1 Å². The molecule has 1 heterocycles. The van der Waals surface area contributed by atoms with E-state index in [-0.39, 0.29) is 24.3 Å². The quantitative estimate of drug-likeness (QED) is 0.716. The lowest BCUT2D eigenvalue weighted by Crippen LogP contribution is -2.46. The summed E-state index contributed by atoms with van der Waals surface area (Å²) >= 11 is 0. The number of carbonyl (C=O) groups excluding carboxylic acids is 2. The molecular formula is C17H27N3O2. The molecule has 5 heteroatoms. The number of hydrogen-bond acceptors (Lipinski definition) is 3. The second-order valence-electron chi connectivity index (χ2n) is 7.16. The van der Waals surface area contributed by atoms with Gasteiger partial charge in [0.2, 0.25) is 11.8 Å². The number of allylic oxidation sites excluding steroid dienone is 2. The molecule has 3 aliphatic rings. The number of rotatable bonds is 6. The Labute approximate surface area is 132 Å². The predicted molar refractivity (Wildman–Crippen MR) is 84.8 cm³/mol. The molecule has 1 unspecified atom stereocenters. The molecule has 122 valence electrons. The standard InChI is InChI=1S/C17H27N3O2/c18-16(21)11-20-7-1-2-15(10-20)17(22)19-6-5-14-9-12-3-4-13(14)8-12/h3-4,12-15H,1-2,5-11H2,(H2,18,21)(H,19,22)/t12-,13+,14-,15?/m1/s1. The Hall–Kier alpha value is -1.36. The highest BCUT2D eigenvalue weighted by molar-refractivity contribution is 5.79. The fourth-order valence-electron chi connectivity index (χ4n) is 4.39. The van der Waals surface area contributed by atoms with Gasteiger partial charge < -0.3 is 11.1 Å². The zero-order valence-electron chi connectivity index (χ0n) is 13.2. The van der Waals surface area contributed by atoms with E-state index in [4.69, 9.17) is 5.73 Å². The number of nitrogens with one attached hydrogen (secondary N) is 1. The van der Waals surface area contributed by atoms with Crippen molar-refractivity contribution in [2.24, 2.45) is 29.4 Å². The monoisotopic (exact) mass is 305 g/mol. The van der Waals surface area contributed by atoms with Gasteiger partial charge in [-0.05, 0) is 56.4 Å². The van der Waals surface area contributed by atoms with Crippen molar-refractivity contribution in [1.29, 1.82) is 0 Å². The summed E-state index contributed by atoms with van der Waals surface area (Å²) in [6, 6.07) is 0. The molecule has 2 fully saturated rings. The van der Waals surface area contributed by atoms with Crippen molar-refractivity contribution in [2.45, 2.75) is 32.1 Å². The number of nitrogens with two attached hydrogens (primary N) is 1. The van der Waals surface area contributed by atoms with Crippen molar-refractivity contribution in [3.63, 3.8) is 0 Å². The Morgan fingerprint density at radius 2 is 2.14 bits per heavy atom. The number of amides is 2. The van der Waals surface area contributed by atoms with Crippen LogP contribution in [0.15, 0.2) is 12.2 Å². The summed E-state index contributed by atoms with van der Waals surface area (Å²) in [6.07, 6.45) is 10.3. The molecule has 3 N–H and O–H groups in total. The SMILES string of the molecule is NC(=O)CN1CCCC(C(=O)NCC[C@@H]2C[C@@H]3C=C[C@H]2C3)C1. The molecule has 4 atom stereocenters. The normalized spacial score (nSPS) is 34.0. The predicted octanol–water partition coefficient (Wildman–Crippen LogP) is 0.902. The van der Waals surface area contributed by atoms with E-state index in [1.54, 1.807) is 0 Å². The number of primary amides is 1. The van der Waals surface area contributed by atoms with Gasteiger partial charge in [0, 0.05) is 13.1 Å². The van der Waals surface area contributed by atoms with E-state index >= 15 is 0 Å². The third-order valence-electron chi connectivity index (χ3n) is 5.49. The van der Waals surface area contributed by atoms with Crippen LogP contribution in [0.1, 0.15) is 32.1 Å². The van der Waals surface area contributed by atoms with Gasteiger partial charge in [0.05, 0.1) is 12.5 Å². The van der Waals surface area contributed by atoms with E-state index < -0.39 is 0 Å². The van der Waals surface area contributed by atoms with Crippen molar-refractivity contribution in [2.75, 3.05) is 26.2 Å². The topological polar surface area (TPSA) is 75.4 Å². The molecule has 0 radical (unpaired) electrons. The Bertz CT molecular complexity index is 463. The van der Waals surface area contributed by atoms with Crippen LogP contribution in [-0.4, -0.2) is 42.9 Å². The zero-order chi connectivity index (χ0) is 15.5. The van der Waals surface area contributed by atoms with Crippen LogP contribution in [0.4, 0.5) is 0 Å². The fraction of sp³-hybridized carbons (Fsp3) is 0.765. The number of carbonyl (C=O) groups is 2. The minimum Gasteiger partial charge on any atom is -0.369 e. The lowest BCUT2D eigenvalue weighted by atomic mass is 9.90. The first-order valence-electron chi connectivity index (χ1n) is 8.58. The Morgan fingerprint density at radius 1 is 1.27 bits per heavy atom. The summed E-state index contributed by atoms with van der Waals surface area (Å²) in [5.41, 5.74) is 5.24. The highest BCUT2D eigenvalue weighted by atomic mass is 16.2. The molecule has 0 aromatic carbocycles. The fourth-order valence-corrected chi connectivity index (χ4v) is 4.39. The highest BCUT2D eigenvalue weighted by Gasteiger charge is 2.35. The minimum absolute atomic E-state index is 0.00743. The smallest absolute Gasteiger partial charge is 0.231 e. The first kappa shape index (κ1) is 15.5. The Balaban J connectivity index is 1.38. The van der Waals surface area contributed by atoms with Gasteiger partial charge in [0.25, 0.3) is 0 Å². The molecule has 1 aliphatic heterocycles. The molecular weight excluding hydrogens is 278 g/mol. The number of fused-ring (bicyclic) bond motifs is 2. The molecule has 2 aliphatic carbocycles. The molecule has 0 aromatic rings. The maximum atomic E-state index is 12.3. The Morgan fingerprint density at radius 3 is 2.82 bits per heavy atom. The van der Waals surface area contributed by atoms with Crippen molar-refractivity contribution >= 4 is 11.8 Å². The van der Waals surface area contributed by atoms with Gasteiger partial charge in [-0.1, -0.05) is 12.2 Å². The van der Waals surface area contributed by atoms with Crippen molar-refractivity contribution in [1.82, 2.24) is 10.2 Å². The number of hydrogen-bond donors (Lipinski definition) is 2. The molecule has 5 nitrogen and oxygen atoms in total. The van der Waals surface area contributed by atoms with E-state index in [2.05, 4.69) is 17.5 Å². The third kappa shape index (κ3) is 3.69. The van der Waals surface area contributed by atoms with Crippen LogP contribution < -0.4 is 11.1 Å². The summed E-state index contributed by atoms with van der Waals surface area (Å²) in [4.78, 5) is 25.3. The average molecular weight is 305 g/mol. The van der Waals surface area contributed by atoms with Gasteiger partial charge in [0.15, 0.2) is 0 Å². The molecule has 1 saturated heterocycles. The van der Waals surface area contributed by atoms with E-state index in [1.165, 1.54) is 12.8 Å². The highest BCUT2D eigenvalue weighted by Crippen LogP contribution is 2.44. The first-order chi connectivity index (χ1) is 10.6. The van der Waals surface area contributed by atoms with Crippen molar-refractivity contribution < 1.29 is 9.59 Å². The largest absolute Gasteiger partial charge is 0.369 e. The first-order valence-corrected chi connectivity index (χ1v) is 8.58. The second kappa shape index (κ2) is 6.82. The van der Waals surface area contributed by atoms with Crippen molar-refractivity contribution in [3.05, 3.63) is 12.2 Å². The van der Waals surface area contributed by atoms with E-state index in [1.807, 2.05) is 4.90 Å². The van der Waals surface area contributed by atoms with E-state index in [9.17, 15) is 9.59 Å². The molecule has 0 spiro atoms. The summed E-state index contributed by atoms with van der Waals surface area (Å²) in [5.74, 6) is 2.15. The van der Waals surface area contributed by atoms with Crippen LogP contribution in [0.2, 0.25) is 0 Å². The van der Waals surface area contributed by atoms with Crippen LogP contribution in [0.5, 0.6) is 0 Å². The van der Waals surface area contributed by atoms with Crippen LogP contribution in [0, 0.1) is 23.7 Å². The molecule has 3 rings (SSSR count). The molecule has 0 aromatic heterocycles. The van der Waals surface area contributed by atoms with Gasteiger partial charge >= 0.3 is 0 Å². The minimum atomic E-state index is -0.314. The maximum Gasteiger partial charge on any atom is 0.231 e. The molecule has 2 bridgehead atoms. The van der Waals surface area contributed by atoms with E-state index in [0.29, 0.717) is 6.54 Å². The number of piperidine rings is 1. The summed E-state index contributed by atoms with van der Waals surface area (Å²) < 4.78 is 0. The molecule has 1 saturated carbocycles. The lowest BCUT2D eigenvalue weighted by molar-refractivity contribution is -0.128. The maximum absolute atomic E-state index is 12.3. The van der Waals surface area contributed by atoms with Crippen LogP contribution in [0.3, 0.4) is 0 Å². The van der Waals surface area contributed by atoms with Gasteiger partial charge in [-0.25, -0.2) is 0 Å². The van der Waals surface area contributed by atoms with Gasteiger partial charge in [-0.2, -0.15) is 0 Å². The number of nitrogens with zero attached hydrogens (tertiary/aromatic N) is 1.